The van der Waals surface area contributed by atoms with Crippen LogP contribution in [0.2, 0.25) is 0 Å². The molecule has 4 aliphatic rings. The first-order valence-electron chi connectivity index (χ1n) is 14.0. The lowest BCUT2D eigenvalue weighted by atomic mass is 9.78. The first kappa shape index (κ1) is 27.9. The molecule has 2 N–H and O–H groups in total. The zero-order valence-electron chi connectivity index (χ0n) is 24.0. The molecular weight excluding hydrogens is 500 g/mol. The van der Waals surface area contributed by atoms with E-state index in [1.165, 1.54) is 6.07 Å². The molecule has 212 valence electrons. The van der Waals surface area contributed by atoms with Gasteiger partial charge >= 0.3 is 7.12 Å². The van der Waals surface area contributed by atoms with Crippen molar-refractivity contribution in [3.8, 4) is 0 Å². The van der Waals surface area contributed by atoms with E-state index in [-0.39, 0.29) is 11.9 Å². The number of hydrogen-bond donors (Lipinski definition) is 2. The van der Waals surface area contributed by atoms with E-state index in [4.69, 9.17) is 14.0 Å². The van der Waals surface area contributed by atoms with Crippen LogP contribution in [0.1, 0.15) is 53.9 Å². The first-order chi connectivity index (χ1) is 18.4. The molecule has 0 aromatic heterocycles. The van der Waals surface area contributed by atoms with Crippen LogP contribution in [0.3, 0.4) is 0 Å². The van der Waals surface area contributed by atoms with Gasteiger partial charge in [0.2, 0.25) is 5.91 Å². The third-order valence-corrected chi connectivity index (χ3v) is 8.91. The molecule has 5 rings (SSSR count). The van der Waals surface area contributed by atoms with Gasteiger partial charge in [-0.1, -0.05) is 0 Å². The van der Waals surface area contributed by atoms with E-state index in [1.54, 1.807) is 17.9 Å². The number of halogens is 1. The number of fused-ring (bicyclic) bond motifs is 1. The smallest absolute Gasteiger partial charge is 0.399 e. The number of likely N-dealkylation sites (N-methyl/N-ethyl adjacent to an activating group) is 1. The van der Waals surface area contributed by atoms with Crippen LogP contribution in [0.15, 0.2) is 23.4 Å². The Morgan fingerprint density at radius 3 is 2.38 bits per heavy atom. The van der Waals surface area contributed by atoms with Crippen LogP contribution in [0.5, 0.6) is 0 Å². The summed E-state index contributed by atoms with van der Waals surface area (Å²) in [5, 5.41) is 13.0. The van der Waals surface area contributed by atoms with Crippen LogP contribution in [0.25, 0.3) is 0 Å². The fourth-order valence-corrected chi connectivity index (χ4v) is 5.62. The molecule has 9 nitrogen and oxygen atoms in total. The van der Waals surface area contributed by atoms with Crippen LogP contribution in [-0.4, -0.2) is 87.4 Å². The van der Waals surface area contributed by atoms with Gasteiger partial charge in [0.1, 0.15) is 11.7 Å². The summed E-state index contributed by atoms with van der Waals surface area (Å²) in [6.07, 6.45) is 2.47. The molecule has 2 fully saturated rings. The van der Waals surface area contributed by atoms with Gasteiger partial charge in [0.05, 0.1) is 29.1 Å². The lowest BCUT2D eigenvalue weighted by Gasteiger charge is -2.40. The third-order valence-electron chi connectivity index (χ3n) is 8.91. The Kier molecular flexibility index (Phi) is 7.45. The van der Waals surface area contributed by atoms with Gasteiger partial charge in [-0.15, -0.1) is 0 Å². The number of carbonyl (C=O) groups excluding carboxylic acids is 1. The van der Waals surface area contributed by atoms with Crippen molar-refractivity contribution in [2.45, 2.75) is 71.1 Å². The number of ether oxygens (including phenoxy) is 1. The Hall–Kier alpha value is -2.63. The summed E-state index contributed by atoms with van der Waals surface area (Å²) in [6.45, 7) is 13.0. The number of carbonyl (C=O) groups is 1. The number of nitrogens with zero attached hydrogens (tertiary/aromatic N) is 3. The van der Waals surface area contributed by atoms with Gasteiger partial charge in [-0.25, -0.2) is 4.39 Å². The average molecular weight is 541 g/mol. The molecule has 1 aromatic carbocycles. The maximum atomic E-state index is 15.7. The molecule has 4 aliphatic heterocycles. The topological polar surface area (TPSA) is 90.4 Å². The number of amidine groups is 1. The molecule has 0 bridgehead atoms. The fraction of sp³-hybridized carbons (Fsp3) is 0.643. The van der Waals surface area contributed by atoms with E-state index < -0.39 is 24.1 Å². The standard InChI is InChI=1S/C28H41BFN5O4/c1-18(36)34-10-7-23(32-19-8-13-37-14-9-19)20(17-34)26(31)35-12-11-33(6)24-15-21(22(30)16-25(24)35)29-38-27(2,3)28(4,5)39-29/h15-16,19,31-32H,7-14,17H2,1-6H3. The molecule has 39 heavy (non-hydrogen) atoms. The lowest BCUT2D eigenvalue weighted by molar-refractivity contribution is -0.128. The molecule has 4 heterocycles. The van der Waals surface area contributed by atoms with E-state index in [0.29, 0.717) is 62.8 Å². The van der Waals surface area contributed by atoms with Gasteiger partial charge in [-0.05, 0) is 52.7 Å². The highest BCUT2D eigenvalue weighted by Gasteiger charge is 2.52. The van der Waals surface area contributed by atoms with Crippen LogP contribution in [0.4, 0.5) is 15.8 Å². The average Bonchev–Trinajstić information content (AvgIpc) is 3.10. The summed E-state index contributed by atoms with van der Waals surface area (Å²) in [6, 6.07) is 3.57. The quantitative estimate of drug-likeness (QED) is 0.344. The summed E-state index contributed by atoms with van der Waals surface area (Å²) in [5.74, 6) is -0.140. The highest BCUT2D eigenvalue weighted by Crippen LogP contribution is 2.39. The Balaban J connectivity index is 1.48. The second-order valence-corrected chi connectivity index (χ2v) is 12.1. The van der Waals surface area contributed by atoms with E-state index >= 15 is 4.39 Å². The maximum Gasteiger partial charge on any atom is 0.497 e. The van der Waals surface area contributed by atoms with E-state index in [0.717, 1.165) is 29.8 Å². The van der Waals surface area contributed by atoms with Crippen molar-refractivity contribution in [1.82, 2.24) is 10.2 Å². The molecule has 1 amide bonds. The number of benzene rings is 1. The lowest BCUT2D eigenvalue weighted by Crippen LogP contribution is -2.49. The normalized spacial score (nSPS) is 23.3. The van der Waals surface area contributed by atoms with E-state index in [9.17, 15) is 10.2 Å². The molecule has 0 aliphatic carbocycles. The zero-order chi connectivity index (χ0) is 28.1. The van der Waals surface area contributed by atoms with Gasteiger partial charge < -0.3 is 34.1 Å². The molecule has 1 aromatic rings. The summed E-state index contributed by atoms with van der Waals surface area (Å²) in [7, 11) is 1.16. The second kappa shape index (κ2) is 10.4. The van der Waals surface area contributed by atoms with Crippen molar-refractivity contribution in [3.63, 3.8) is 0 Å². The molecule has 0 saturated carbocycles. The minimum Gasteiger partial charge on any atom is -0.399 e. The molecule has 0 atom stereocenters. The monoisotopic (exact) mass is 541 g/mol. The molecule has 2 saturated heterocycles. The Morgan fingerprint density at radius 1 is 1.08 bits per heavy atom. The third kappa shape index (κ3) is 5.28. The van der Waals surface area contributed by atoms with Gasteiger partial charge in [0.25, 0.3) is 0 Å². The predicted octanol–water partition coefficient (Wildman–Crippen LogP) is 2.63. The summed E-state index contributed by atoms with van der Waals surface area (Å²) in [5.41, 5.74) is 2.43. The zero-order valence-corrected chi connectivity index (χ0v) is 24.0. The van der Waals surface area contributed by atoms with Crippen molar-refractivity contribution in [2.75, 3.05) is 56.2 Å². The van der Waals surface area contributed by atoms with Crippen LogP contribution in [-0.2, 0) is 18.8 Å². The molecular formula is C28H41BFN5O4. The SMILES string of the molecule is CC(=O)N1CCC(NC2CCOCC2)=C(C(=N)N2CCN(C)c3cc(B4OC(C)(C)C(C)(C)O4)c(F)cc32)C1. The minimum atomic E-state index is -0.816. The summed E-state index contributed by atoms with van der Waals surface area (Å²) in [4.78, 5) is 18.0. The number of rotatable bonds is 4. The Labute approximate surface area is 231 Å². The highest BCUT2D eigenvalue weighted by atomic mass is 19.1. The fourth-order valence-electron chi connectivity index (χ4n) is 5.62. The summed E-state index contributed by atoms with van der Waals surface area (Å²) >= 11 is 0. The van der Waals surface area contributed by atoms with Crippen LogP contribution >= 0.6 is 0 Å². The molecule has 0 unspecified atom stereocenters. The highest BCUT2D eigenvalue weighted by molar-refractivity contribution is 6.62. The molecule has 0 spiro atoms. The largest absolute Gasteiger partial charge is 0.497 e. The number of anilines is 2. The van der Waals surface area contributed by atoms with Gasteiger partial charge in [0.15, 0.2) is 0 Å². The molecule has 11 heteroatoms. The number of amides is 1. The van der Waals surface area contributed by atoms with Crippen LogP contribution < -0.4 is 20.6 Å². The minimum absolute atomic E-state index is 0.0118. The summed E-state index contributed by atoms with van der Waals surface area (Å²) < 4.78 is 33.5. The van der Waals surface area contributed by atoms with Crippen molar-refractivity contribution in [3.05, 3.63) is 29.2 Å². The van der Waals surface area contributed by atoms with Crippen molar-refractivity contribution < 1.29 is 23.2 Å². The number of nitrogens with one attached hydrogen (secondary N) is 2. The van der Waals surface area contributed by atoms with E-state index in [1.807, 2.05) is 39.6 Å². The van der Waals surface area contributed by atoms with Crippen molar-refractivity contribution in [1.29, 1.82) is 5.41 Å². The van der Waals surface area contributed by atoms with Crippen molar-refractivity contribution in [2.24, 2.45) is 0 Å². The Bertz CT molecular complexity index is 1170. The van der Waals surface area contributed by atoms with Gasteiger partial charge in [-0.2, -0.15) is 0 Å². The van der Waals surface area contributed by atoms with Gasteiger partial charge in [-0.3, -0.25) is 10.2 Å². The molecule has 0 radical (unpaired) electrons. The number of hydrogen-bond acceptors (Lipinski definition) is 7. The van der Waals surface area contributed by atoms with Crippen molar-refractivity contribution >= 4 is 35.7 Å². The van der Waals surface area contributed by atoms with Gasteiger partial charge in [0, 0.05) is 76.0 Å². The predicted molar refractivity (Wildman–Crippen MR) is 151 cm³/mol. The van der Waals surface area contributed by atoms with E-state index in [2.05, 4.69) is 10.2 Å². The first-order valence-corrected chi connectivity index (χ1v) is 14.0. The van der Waals surface area contributed by atoms with Crippen LogP contribution in [0, 0.1) is 11.2 Å². The maximum absolute atomic E-state index is 15.7. The second-order valence-electron chi connectivity index (χ2n) is 12.1. The Morgan fingerprint density at radius 2 is 1.74 bits per heavy atom.